The molecule has 0 radical (unpaired) electrons. The van der Waals surface area contributed by atoms with Gasteiger partial charge in [0.2, 0.25) is 0 Å². The van der Waals surface area contributed by atoms with Gasteiger partial charge in [-0.05, 0) is 19.4 Å². The Morgan fingerprint density at radius 2 is 2.27 bits per heavy atom. The van der Waals surface area contributed by atoms with Crippen LogP contribution in [0.25, 0.3) is 0 Å². The van der Waals surface area contributed by atoms with Gasteiger partial charge in [-0.25, -0.2) is 0 Å². The molecule has 0 bridgehead atoms. The molecule has 2 nitrogen and oxygen atoms in total. The number of rotatable bonds is 4. The Morgan fingerprint density at radius 3 is 2.64 bits per heavy atom. The van der Waals surface area contributed by atoms with Crippen LogP contribution < -0.4 is 5.73 Å². The summed E-state index contributed by atoms with van der Waals surface area (Å²) in [6.45, 7) is 7.72. The Kier molecular flexibility index (Phi) is 4.62. The van der Waals surface area contributed by atoms with E-state index in [9.17, 15) is 0 Å². The first-order valence-corrected chi connectivity index (χ1v) is 3.91. The molecule has 0 spiro atoms. The molecule has 0 heterocycles. The highest BCUT2D eigenvalue weighted by Gasteiger charge is 2.05. The second-order valence-corrected chi connectivity index (χ2v) is 2.63. The van der Waals surface area contributed by atoms with Crippen LogP contribution in [0.1, 0.15) is 20.3 Å². The van der Waals surface area contributed by atoms with Crippen LogP contribution in [-0.2, 0) is 0 Å². The molecule has 0 unspecified atom stereocenters. The molecule has 11 heavy (non-hydrogen) atoms. The molecule has 2 heteroatoms. The minimum atomic E-state index is 0.117. The summed E-state index contributed by atoms with van der Waals surface area (Å²) < 4.78 is 0. The van der Waals surface area contributed by atoms with Gasteiger partial charge >= 0.3 is 0 Å². The van der Waals surface area contributed by atoms with Crippen molar-refractivity contribution >= 4 is 0 Å². The summed E-state index contributed by atoms with van der Waals surface area (Å²) in [4.78, 5) is 2.04. The summed E-state index contributed by atoms with van der Waals surface area (Å²) in [6, 6.07) is 0. The van der Waals surface area contributed by atoms with Crippen molar-refractivity contribution in [2.75, 3.05) is 7.05 Å². The predicted molar refractivity (Wildman–Crippen MR) is 50.0 cm³/mol. The molecule has 2 N–H and O–H groups in total. The summed E-state index contributed by atoms with van der Waals surface area (Å²) in [6.07, 6.45) is 4.80. The summed E-state index contributed by atoms with van der Waals surface area (Å²) in [5, 5.41) is 0. The Bertz CT molecular complexity index is 150. The molecular formula is C9H18N2. The molecule has 0 amide bonds. The number of allylic oxidation sites excluding steroid dienone is 3. The van der Waals surface area contributed by atoms with Crippen molar-refractivity contribution in [1.29, 1.82) is 0 Å². The number of hydrogen-bond donors (Lipinski definition) is 1. The fourth-order valence-electron chi connectivity index (χ4n) is 0.824. The lowest BCUT2D eigenvalue weighted by atomic mass is 10.3. The van der Waals surface area contributed by atoms with Gasteiger partial charge in [0.1, 0.15) is 0 Å². The summed E-state index contributed by atoms with van der Waals surface area (Å²) >= 11 is 0. The van der Waals surface area contributed by atoms with Crippen molar-refractivity contribution in [1.82, 2.24) is 4.90 Å². The second-order valence-electron chi connectivity index (χ2n) is 2.63. The number of nitrogens with two attached hydrogens (primary N) is 1. The molecule has 0 fully saturated rings. The van der Waals surface area contributed by atoms with Gasteiger partial charge in [-0.3, -0.25) is 0 Å². The SMILES string of the molecule is C=C/C=C(/C)N(C)[C@H](N)CC. The van der Waals surface area contributed by atoms with E-state index in [1.165, 1.54) is 0 Å². The van der Waals surface area contributed by atoms with E-state index in [4.69, 9.17) is 5.73 Å². The average molecular weight is 154 g/mol. The van der Waals surface area contributed by atoms with Gasteiger partial charge < -0.3 is 10.6 Å². The lowest BCUT2D eigenvalue weighted by molar-refractivity contribution is 0.303. The van der Waals surface area contributed by atoms with Crippen LogP contribution >= 0.6 is 0 Å². The van der Waals surface area contributed by atoms with Crippen LogP contribution in [0.3, 0.4) is 0 Å². The molecule has 0 aromatic carbocycles. The zero-order valence-corrected chi connectivity index (χ0v) is 7.67. The van der Waals surface area contributed by atoms with Gasteiger partial charge in [0.05, 0.1) is 6.17 Å². The highest BCUT2D eigenvalue weighted by molar-refractivity contribution is 5.06. The molecule has 0 aliphatic carbocycles. The Balaban J connectivity index is 4.11. The quantitative estimate of drug-likeness (QED) is 0.493. The lowest BCUT2D eigenvalue weighted by Gasteiger charge is -2.26. The highest BCUT2D eigenvalue weighted by Crippen LogP contribution is 2.04. The molecule has 0 saturated carbocycles. The molecule has 0 rings (SSSR count). The van der Waals surface area contributed by atoms with Crippen LogP contribution in [0.5, 0.6) is 0 Å². The van der Waals surface area contributed by atoms with E-state index in [1.807, 2.05) is 24.9 Å². The van der Waals surface area contributed by atoms with Gasteiger partial charge in [-0.1, -0.05) is 19.6 Å². The first-order chi connectivity index (χ1) is 5.13. The van der Waals surface area contributed by atoms with E-state index in [1.54, 1.807) is 6.08 Å². The van der Waals surface area contributed by atoms with Crippen LogP contribution in [0.15, 0.2) is 24.4 Å². The van der Waals surface area contributed by atoms with Crippen LogP contribution in [0.2, 0.25) is 0 Å². The molecule has 64 valence electrons. The lowest BCUT2D eigenvalue weighted by Crippen LogP contribution is -2.37. The topological polar surface area (TPSA) is 29.3 Å². The average Bonchev–Trinajstić information content (AvgIpc) is 2.02. The third kappa shape index (κ3) is 3.23. The van der Waals surface area contributed by atoms with Crippen molar-refractivity contribution in [2.45, 2.75) is 26.4 Å². The van der Waals surface area contributed by atoms with Crippen LogP contribution in [0, 0.1) is 0 Å². The molecule has 0 aliphatic rings. The maximum atomic E-state index is 5.80. The van der Waals surface area contributed by atoms with Crippen molar-refractivity contribution in [3.63, 3.8) is 0 Å². The molecule has 0 aromatic rings. The normalized spacial score (nSPS) is 14.4. The smallest absolute Gasteiger partial charge is 0.0761 e. The van der Waals surface area contributed by atoms with E-state index in [-0.39, 0.29) is 6.17 Å². The number of nitrogens with zero attached hydrogens (tertiary/aromatic N) is 1. The summed E-state index contributed by atoms with van der Waals surface area (Å²) in [7, 11) is 1.99. The Hall–Kier alpha value is -0.760. The Morgan fingerprint density at radius 1 is 1.73 bits per heavy atom. The third-order valence-electron chi connectivity index (χ3n) is 1.83. The predicted octanol–water partition coefficient (Wildman–Crippen LogP) is 1.70. The monoisotopic (exact) mass is 154 g/mol. The first kappa shape index (κ1) is 10.2. The van der Waals surface area contributed by atoms with Crippen molar-refractivity contribution < 1.29 is 0 Å². The van der Waals surface area contributed by atoms with Crippen molar-refractivity contribution in [3.05, 3.63) is 24.4 Å². The summed E-state index contributed by atoms with van der Waals surface area (Å²) in [5.74, 6) is 0. The van der Waals surface area contributed by atoms with Gasteiger partial charge in [-0.2, -0.15) is 0 Å². The van der Waals surface area contributed by atoms with E-state index in [2.05, 4.69) is 13.5 Å². The van der Waals surface area contributed by atoms with Gasteiger partial charge in [0.25, 0.3) is 0 Å². The largest absolute Gasteiger partial charge is 0.363 e. The molecule has 0 aliphatic heterocycles. The Labute approximate surface area is 69.4 Å². The zero-order chi connectivity index (χ0) is 8.85. The van der Waals surface area contributed by atoms with E-state index >= 15 is 0 Å². The number of hydrogen-bond acceptors (Lipinski definition) is 2. The summed E-state index contributed by atoms with van der Waals surface area (Å²) in [5.41, 5.74) is 6.95. The molecule has 0 aromatic heterocycles. The van der Waals surface area contributed by atoms with Crippen molar-refractivity contribution in [3.8, 4) is 0 Å². The second kappa shape index (κ2) is 4.97. The minimum absolute atomic E-state index is 0.117. The third-order valence-corrected chi connectivity index (χ3v) is 1.83. The van der Waals surface area contributed by atoms with E-state index in [0.29, 0.717) is 0 Å². The van der Waals surface area contributed by atoms with Gasteiger partial charge in [0, 0.05) is 12.7 Å². The fourth-order valence-corrected chi connectivity index (χ4v) is 0.824. The van der Waals surface area contributed by atoms with Crippen molar-refractivity contribution in [2.24, 2.45) is 5.73 Å². The van der Waals surface area contributed by atoms with Crippen LogP contribution in [0.4, 0.5) is 0 Å². The molecule has 1 atom stereocenters. The van der Waals surface area contributed by atoms with E-state index < -0.39 is 0 Å². The minimum Gasteiger partial charge on any atom is -0.363 e. The van der Waals surface area contributed by atoms with Gasteiger partial charge in [-0.15, -0.1) is 0 Å². The molecule has 0 saturated heterocycles. The zero-order valence-electron chi connectivity index (χ0n) is 7.67. The van der Waals surface area contributed by atoms with Crippen LogP contribution in [-0.4, -0.2) is 18.1 Å². The first-order valence-electron chi connectivity index (χ1n) is 3.91. The standard InChI is InChI=1S/C9H18N2/c1-5-7-8(3)11(4)9(10)6-2/h5,7,9H,1,6,10H2,2-4H3/b8-7-/t9-/m0/s1. The van der Waals surface area contributed by atoms with E-state index in [0.717, 1.165) is 12.1 Å². The fraction of sp³-hybridized carbons (Fsp3) is 0.556. The van der Waals surface area contributed by atoms with Gasteiger partial charge in [0.15, 0.2) is 0 Å². The highest BCUT2D eigenvalue weighted by atomic mass is 15.2. The maximum absolute atomic E-state index is 5.80. The molecular weight excluding hydrogens is 136 g/mol. The maximum Gasteiger partial charge on any atom is 0.0761 e.